The zero-order valence-electron chi connectivity index (χ0n) is 13.8. The van der Waals surface area contributed by atoms with E-state index in [1.165, 1.54) is 36.9 Å². The molecule has 22 heavy (non-hydrogen) atoms. The van der Waals surface area contributed by atoms with Crippen molar-refractivity contribution in [2.45, 2.75) is 45.4 Å². The lowest BCUT2D eigenvalue weighted by Crippen LogP contribution is -2.49. The van der Waals surface area contributed by atoms with E-state index in [2.05, 4.69) is 41.0 Å². The summed E-state index contributed by atoms with van der Waals surface area (Å²) in [6.07, 6.45) is 7.29. The first-order valence-electron chi connectivity index (χ1n) is 8.82. The Morgan fingerprint density at radius 2 is 1.77 bits per heavy atom. The van der Waals surface area contributed by atoms with E-state index in [0.29, 0.717) is 5.91 Å². The van der Waals surface area contributed by atoms with Gasteiger partial charge in [-0.1, -0.05) is 43.9 Å². The third-order valence-corrected chi connectivity index (χ3v) is 5.33. The lowest BCUT2D eigenvalue weighted by molar-refractivity contribution is -0.131. The van der Waals surface area contributed by atoms with E-state index in [4.69, 9.17) is 0 Å². The summed E-state index contributed by atoms with van der Waals surface area (Å²) in [6.45, 7) is 5.82. The van der Waals surface area contributed by atoms with Crippen molar-refractivity contribution in [1.82, 2.24) is 4.90 Å². The molecule has 1 aliphatic carbocycles. The van der Waals surface area contributed by atoms with Gasteiger partial charge in [-0.05, 0) is 30.9 Å². The highest BCUT2D eigenvalue weighted by Crippen LogP contribution is 2.29. The van der Waals surface area contributed by atoms with Gasteiger partial charge in [0.15, 0.2) is 0 Å². The van der Waals surface area contributed by atoms with Gasteiger partial charge in [0.25, 0.3) is 0 Å². The zero-order valence-corrected chi connectivity index (χ0v) is 13.8. The van der Waals surface area contributed by atoms with Gasteiger partial charge in [0.1, 0.15) is 0 Å². The Bertz CT molecular complexity index is 500. The molecule has 1 heterocycles. The van der Waals surface area contributed by atoms with Gasteiger partial charge in [-0.2, -0.15) is 0 Å². The molecule has 0 radical (unpaired) electrons. The van der Waals surface area contributed by atoms with Crippen LogP contribution < -0.4 is 4.90 Å². The summed E-state index contributed by atoms with van der Waals surface area (Å²) in [6, 6.07) is 8.53. The number of hydrogen-bond donors (Lipinski definition) is 0. The molecule has 3 nitrogen and oxygen atoms in total. The number of hydrogen-bond acceptors (Lipinski definition) is 2. The maximum atomic E-state index is 12.4. The minimum absolute atomic E-state index is 0.372. The van der Waals surface area contributed by atoms with Gasteiger partial charge >= 0.3 is 0 Å². The van der Waals surface area contributed by atoms with Crippen LogP contribution in [0, 0.1) is 12.8 Å². The molecule has 120 valence electrons. The molecule has 3 rings (SSSR count). The Morgan fingerprint density at radius 1 is 1.09 bits per heavy atom. The van der Waals surface area contributed by atoms with Crippen molar-refractivity contribution >= 4 is 11.6 Å². The van der Waals surface area contributed by atoms with E-state index in [0.717, 1.165) is 44.9 Å². The second-order valence-electron chi connectivity index (χ2n) is 6.84. The van der Waals surface area contributed by atoms with E-state index in [9.17, 15) is 4.79 Å². The average molecular weight is 300 g/mol. The van der Waals surface area contributed by atoms with Crippen LogP contribution in [-0.4, -0.2) is 37.0 Å². The van der Waals surface area contributed by atoms with Gasteiger partial charge in [-0.25, -0.2) is 0 Å². The molecule has 1 saturated carbocycles. The highest BCUT2D eigenvalue weighted by atomic mass is 16.2. The molecule has 0 aromatic heterocycles. The van der Waals surface area contributed by atoms with E-state index in [1.54, 1.807) is 0 Å². The van der Waals surface area contributed by atoms with Crippen LogP contribution in [0.15, 0.2) is 24.3 Å². The Balaban J connectivity index is 1.46. The van der Waals surface area contributed by atoms with Gasteiger partial charge in [0.2, 0.25) is 5.91 Å². The first-order valence-corrected chi connectivity index (χ1v) is 8.82. The highest BCUT2D eigenvalue weighted by molar-refractivity contribution is 5.76. The number of piperazine rings is 1. The summed E-state index contributed by atoms with van der Waals surface area (Å²) in [5, 5.41) is 0. The number of rotatable bonds is 4. The van der Waals surface area contributed by atoms with Crippen molar-refractivity contribution in [1.29, 1.82) is 0 Å². The standard InChI is InChI=1S/C19H28N2O/c1-16-6-2-5-9-18(16)20-12-14-21(15-13-20)19(22)11-10-17-7-3-4-8-17/h2,5-6,9,17H,3-4,7-8,10-15H2,1H3. The molecular weight excluding hydrogens is 272 g/mol. The molecule has 0 unspecified atom stereocenters. The number of nitrogens with zero attached hydrogens (tertiary/aromatic N) is 2. The number of benzene rings is 1. The lowest BCUT2D eigenvalue weighted by atomic mass is 10.0. The Morgan fingerprint density at radius 3 is 2.45 bits per heavy atom. The quantitative estimate of drug-likeness (QED) is 0.848. The van der Waals surface area contributed by atoms with Gasteiger partial charge in [-0.15, -0.1) is 0 Å². The fourth-order valence-electron chi connectivity index (χ4n) is 3.90. The summed E-state index contributed by atoms with van der Waals surface area (Å²) in [4.78, 5) is 16.9. The third kappa shape index (κ3) is 3.63. The molecule has 1 amide bonds. The Kier molecular flexibility index (Phi) is 5.01. The average Bonchev–Trinajstić information content (AvgIpc) is 3.07. The van der Waals surface area contributed by atoms with E-state index >= 15 is 0 Å². The van der Waals surface area contributed by atoms with E-state index in [1.807, 2.05) is 0 Å². The first-order chi connectivity index (χ1) is 10.7. The normalized spacial score (nSPS) is 19.7. The molecule has 0 spiro atoms. The second kappa shape index (κ2) is 7.17. The van der Waals surface area contributed by atoms with Crippen molar-refractivity contribution in [3.8, 4) is 0 Å². The predicted molar refractivity (Wildman–Crippen MR) is 91.2 cm³/mol. The van der Waals surface area contributed by atoms with Crippen molar-refractivity contribution in [2.24, 2.45) is 5.92 Å². The number of carbonyl (C=O) groups is 1. The fraction of sp³-hybridized carbons (Fsp3) is 0.632. The molecule has 0 bridgehead atoms. The van der Waals surface area contributed by atoms with E-state index < -0.39 is 0 Å². The van der Waals surface area contributed by atoms with Crippen LogP contribution in [0.25, 0.3) is 0 Å². The molecule has 2 fully saturated rings. The number of carbonyl (C=O) groups excluding carboxylic acids is 1. The Labute approximate surface area is 134 Å². The molecule has 1 aromatic carbocycles. The van der Waals surface area contributed by atoms with Gasteiger partial charge < -0.3 is 9.80 Å². The zero-order chi connectivity index (χ0) is 15.4. The minimum atomic E-state index is 0.372. The molecule has 1 saturated heterocycles. The highest BCUT2D eigenvalue weighted by Gasteiger charge is 2.23. The number of anilines is 1. The fourth-order valence-corrected chi connectivity index (χ4v) is 3.90. The number of amides is 1. The monoisotopic (exact) mass is 300 g/mol. The first kappa shape index (κ1) is 15.4. The van der Waals surface area contributed by atoms with Gasteiger partial charge in [0, 0.05) is 38.3 Å². The van der Waals surface area contributed by atoms with Crippen LogP contribution in [0.4, 0.5) is 5.69 Å². The van der Waals surface area contributed by atoms with Crippen LogP contribution in [0.2, 0.25) is 0 Å². The summed E-state index contributed by atoms with van der Waals surface area (Å²) in [5.41, 5.74) is 2.64. The maximum Gasteiger partial charge on any atom is 0.222 e. The van der Waals surface area contributed by atoms with Crippen LogP contribution >= 0.6 is 0 Å². The molecule has 3 heteroatoms. The second-order valence-corrected chi connectivity index (χ2v) is 6.84. The summed E-state index contributed by atoms with van der Waals surface area (Å²) < 4.78 is 0. The van der Waals surface area contributed by atoms with Gasteiger partial charge in [-0.3, -0.25) is 4.79 Å². The van der Waals surface area contributed by atoms with Crippen molar-refractivity contribution in [3.05, 3.63) is 29.8 Å². The molecule has 0 N–H and O–H groups in total. The molecule has 1 aromatic rings. The molecule has 0 atom stereocenters. The number of para-hydroxylation sites is 1. The maximum absolute atomic E-state index is 12.4. The SMILES string of the molecule is Cc1ccccc1N1CCN(C(=O)CCC2CCCC2)CC1. The summed E-state index contributed by atoms with van der Waals surface area (Å²) >= 11 is 0. The smallest absolute Gasteiger partial charge is 0.222 e. The van der Waals surface area contributed by atoms with Crippen molar-refractivity contribution in [2.75, 3.05) is 31.1 Å². The van der Waals surface area contributed by atoms with Crippen molar-refractivity contribution < 1.29 is 4.79 Å². The van der Waals surface area contributed by atoms with Crippen LogP contribution in [-0.2, 0) is 4.79 Å². The number of aryl methyl sites for hydroxylation is 1. The Hall–Kier alpha value is -1.51. The lowest BCUT2D eigenvalue weighted by Gasteiger charge is -2.37. The topological polar surface area (TPSA) is 23.6 Å². The van der Waals surface area contributed by atoms with Crippen LogP contribution in [0.1, 0.15) is 44.1 Å². The predicted octanol–water partition coefficient (Wildman–Crippen LogP) is 3.61. The van der Waals surface area contributed by atoms with Crippen LogP contribution in [0.3, 0.4) is 0 Å². The van der Waals surface area contributed by atoms with E-state index in [-0.39, 0.29) is 0 Å². The summed E-state index contributed by atoms with van der Waals surface area (Å²) in [7, 11) is 0. The molecule has 1 aliphatic heterocycles. The third-order valence-electron chi connectivity index (χ3n) is 5.33. The van der Waals surface area contributed by atoms with Crippen molar-refractivity contribution in [3.63, 3.8) is 0 Å². The summed E-state index contributed by atoms with van der Waals surface area (Å²) in [5.74, 6) is 1.19. The largest absolute Gasteiger partial charge is 0.368 e. The van der Waals surface area contributed by atoms with Gasteiger partial charge in [0.05, 0.1) is 0 Å². The van der Waals surface area contributed by atoms with Crippen LogP contribution in [0.5, 0.6) is 0 Å². The molecular formula is C19H28N2O. The minimum Gasteiger partial charge on any atom is -0.368 e. The molecule has 2 aliphatic rings.